The topological polar surface area (TPSA) is 49.3 Å². The Bertz CT molecular complexity index is 438. The third-order valence-corrected chi connectivity index (χ3v) is 7.21. The molecule has 3 heteroatoms. The molecule has 2 rings (SSSR count). The minimum absolute atomic E-state index is 0.232. The molecule has 1 heterocycles. The Morgan fingerprint density at radius 2 is 1.46 bits per heavy atom. The van der Waals surface area contributed by atoms with Gasteiger partial charge in [0, 0.05) is 0 Å². The smallest absolute Gasteiger partial charge is 0.229 e. The number of nitrogens with one attached hydrogen (secondary N) is 1. The summed E-state index contributed by atoms with van der Waals surface area (Å²) in [6, 6.07) is 0. The van der Waals surface area contributed by atoms with Crippen LogP contribution in [0.25, 0.3) is 0 Å². The Balaban J connectivity index is 2.04. The van der Waals surface area contributed by atoms with Crippen molar-refractivity contribution >= 4 is 5.91 Å². The van der Waals surface area contributed by atoms with E-state index in [1.165, 1.54) is 51.4 Å². The van der Waals surface area contributed by atoms with E-state index in [0.717, 1.165) is 44.9 Å². The molecule has 1 aliphatic heterocycles. The monoisotopic (exact) mass is 365 g/mol. The van der Waals surface area contributed by atoms with Crippen molar-refractivity contribution in [3.8, 4) is 0 Å². The van der Waals surface area contributed by atoms with Crippen molar-refractivity contribution in [1.82, 2.24) is 5.32 Å². The highest BCUT2D eigenvalue weighted by Gasteiger charge is 2.68. The van der Waals surface area contributed by atoms with Crippen LogP contribution in [-0.2, 0) is 4.79 Å². The van der Waals surface area contributed by atoms with Crippen molar-refractivity contribution in [1.29, 1.82) is 0 Å². The highest BCUT2D eigenvalue weighted by Crippen LogP contribution is 2.56. The molecule has 2 fully saturated rings. The molecule has 1 spiro atoms. The second-order valence-electron chi connectivity index (χ2n) is 9.24. The second kappa shape index (κ2) is 10.1. The lowest BCUT2D eigenvalue weighted by molar-refractivity contribution is -0.182. The average molecular weight is 366 g/mol. The van der Waals surface area contributed by atoms with E-state index < -0.39 is 0 Å². The minimum Gasteiger partial charge on any atom is -0.391 e. The van der Waals surface area contributed by atoms with Crippen molar-refractivity contribution in [3.05, 3.63) is 0 Å². The van der Waals surface area contributed by atoms with Crippen LogP contribution in [0.5, 0.6) is 0 Å². The maximum atomic E-state index is 12.9. The first kappa shape index (κ1) is 21.7. The van der Waals surface area contributed by atoms with Crippen LogP contribution >= 0.6 is 0 Å². The highest BCUT2D eigenvalue weighted by atomic mass is 16.3. The molecule has 4 atom stereocenters. The SMILES string of the molecule is CCCCCCCCC1(CCCCCC)C(=O)NC12CC(C)CCC2O. The first-order chi connectivity index (χ1) is 12.5. The zero-order valence-electron chi connectivity index (χ0n) is 17.6. The molecule has 2 N–H and O–H groups in total. The van der Waals surface area contributed by atoms with Gasteiger partial charge in [0.2, 0.25) is 5.91 Å². The number of hydrogen-bond acceptors (Lipinski definition) is 2. The zero-order chi connectivity index (χ0) is 19.0. The molecule has 4 unspecified atom stereocenters. The van der Waals surface area contributed by atoms with E-state index in [4.69, 9.17) is 0 Å². The maximum absolute atomic E-state index is 12.9. The number of rotatable bonds is 12. The molecule has 26 heavy (non-hydrogen) atoms. The van der Waals surface area contributed by atoms with E-state index in [9.17, 15) is 9.90 Å². The Labute approximate surface area is 161 Å². The van der Waals surface area contributed by atoms with Gasteiger partial charge in [-0.2, -0.15) is 0 Å². The summed E-state index contributed by atoms with van der Waals surface area (Å²) in [6.07, 6.45) is 16.8. The number of aliphatic hydroxyl groups excluding tert-OH is 1. The summed E-state index contributed by atoms with van der Waals surface area (Å²) in [5, 5.41) is 14.2. The van der Waals surface area contributed by atoms with E-state index in [1.54, 1.807) is 0 Å². The molecule has 0 radical (unpaired) electrons. The normalized spacial score (nSPS) is 33.9. The molecule has 152 valence electrons. The lowest BCUT2D eigenvalue weighted by Crippen LogP contribution is -2.82. The number of unbranched alkanes of at least 4 members (excludes halogenated alkanes) is 8. The second-order valence-corrected chi connectivity index (χ2v) is 9.24. The molecule has 1 amide bonds. The molecular weight excluding hydrogens is 322 g/mol. The van der Waals surface area contributed by atoms with Gasteiger partial charge in [0.25, 0.3) is 0 Å². The predicted octanol–water partition coefficient (Wildman–Crippen LogP) is 5.74. The molecule has 1 aliphatic carbocycles. The number of β-lactam (4-membered cyclic amide) rings is 1. The zero-order valence-corrected chi connectivity index (χ0v) is 17.6. The van der Waals surface area contributed by atoms with Gasteiger partial charge in [0.05, 0.1) is 17.1 Å². The van der Waals surface area contributed by atoms with Crippen LogP contribution in [0.4, 0.5) is 0 Å². The maximum Gasteiger partial charge on any atom is 0.229 e. The van der Waals surface area contributed by atoms with E-state index in [-0.39, 0.29) is 23.0 Å². The van der Waals surface area contributed by atoms with Crippen LogP contribution in [-0.4, -0.2) is 22.7 Å². The summed E-state index contributed by atoms with van der Waals surface area (Å²) in [6.45, 7) is 6.76. The molecule has 1 saturated carbocycles. The average Bonchev–Trinajstić information content (AvgIpc) is 2.62. The Kier molecular flexibility index (Phi) is 8.44. The molecule has 0 bridgehead atoms. The molecule has 0 aromatic rings. The van der Waals surface area contributed by atoms with Crippen molar-refractivity contribution in [3.63, 3.8) is 0 Å². The van der Waals surface area contributed by atoms with Crippen LogP contribution < -0.4 is 5.32 Å². The third kappa shape index (κ3) is 4.46. The summed E-state index contributed by atoms with van der Waals surface area (Å²) < 4.78 is 0. The van der Waals surface area contributed by atoms with Crippen LogP contribution in [0, 0.1) is 11.3 Å². The molecule has 3 nitrogen and oxygen atoms in total. The quantitative estimate of drug-likeness (QED) is 0.342. The van der Waals surface area contributed by atoms with E-state index in [2.05, 4.69) is 26.1 Å². The number of hydrogen-bond donors (Lipinski definition) is 2. The first-order valence-electron chi connectivity index (χ1n) is 11.5. The van der Waals surface area contributed by atoms with Gasteiger partial charge < -0.3 is 10.4 Å². The summed E-state index contributed by atoms with van der Waals surface area (Å²) >= 11 is 0. The van der Waals surface area contributed by atoms with Crippen LogP contribution in [0.1, 0.15) is 117 Å². The van der Waals surface area contributed by atoms with Gasteiger partial charge in [-0.1, -0.05) is 85.0 Å². The third-order valence-electron chi connectivity index (χ3n) is 7.21. The van der Waals surface area contributed by atoms with Crippen molar-refractivity contribution in [2.45, 2.75) is 129 Å². The summed E-state index contributed by atoms with van der Waals surface area (Å²) in [5.41, 5.74) is -0.642. The number of carbonyl (C=O) groups excluding carboxylic acids is 1. The van der Waals surface area contributed by atoms with E-state index in [1.807, 2.05) is 0 Å². The number of aliphatic hydroxyl groups is 1. The molecule has 0 aromatic carbocycles. The van der Waals surface area contributed by atoms with Crippen molar-refractivity contribution in [2.24, 2.45) is 11.3 Å². The fraction of sp³-hybridized carbons (Fsp3) is 0.957. The van der Waals surface area contributed by atoms with Crippen LogP contribution in [0.3, 0.4) is 0 Å². The standard InChI is InChI=1S/C23H43NO2/c1-4-6-8-10-11-13-17-22(16-12-9-7-5-2)21(26)24-23(22)18-19(3)14-15-20(23)25/h19-20,25H,4-18H2,1-3H3,(H,24,26). The largest absolute Gasteiger partial charge is 0.391 e. The Hall–Kier alpha value is -0.570. The molecular formula is C23H43NO2. The first-order valence-corrected chi connectivity index (χ1v) is 11.5. The van der Waals surface area contributed by atoms with Gasteiger partial charge in [0.1, 0.15) is 0 Å². The lowest BCUT2D eigenvalue weighted by atomic mass is 9.50. The van der Waals surface area contributed by atoms with Gasteiger partial charge >= 0.3 is 0 Å². The van der Waals surface area contributed by atoms with Crippen LogP contribution in [0.15, 0.2) is 0 Å². The molecule has 0 aromatic heterocycles. The van der Waals surface area contributed by atoms with Gasteiger partial charge in [-0.25, -0.2) is 0 Å². The molecule has 1 saturated heterocycles. The van der Waals surface area contributed by atoms with Gasteiger partial charge in [0.15, 0.2) is 0 Å². The predicted molar refractivity (Wildman–Crippen MR) is 109 cm³/mol. The van der Waals surface area contributed by atoms with Gasteiger partial charge in [-0.3, -0.25) is 4.79 Å². The Morgan fingerprint density at radius 3 is 2.04 bits per heavy atom. The summed E-state index contributed by atoms with van der Waals surface area (Å²) in [7, 11) is 0. The van der Waals surface area contributed by atoms with Crippen molar-refractivity contribution in [2.75, 3.05) is 0 Å². The van der Waals surface area contributed by atoms with E-state index in [0.29, 0.717) is 5.92 Å². The number of amides is 1. The molecule has 2 aliphatic rings. The van der Waals surface area contributed by atoms with Crippen LogP contribution in [0.2, 0.25) is 0 Å². The highest BCUT2D eigenvalue weighted by molar-refractivity contribution is 5.92. The minimum atomic E-state index is -0.359. The fourth-order valence-electron chi connectivity index (χ4n) is 5.57. The van der Waals surface area contributed by atoms with Gasteiger partial charge in [-0.05, 0) is 38.0 Å². The van der Waals surface area contributed by atoms with E-state index >= 15 is 0 Å². The summed E-state index contributed by atoms with van der Waals surface area (Å²) in [5.74, 6) is 0.828. The summed E-state index contributed by atoms with van der Waals surface area (Å²) in [4.78, 5) is 12.9. The fourth-order valence-corrected chi connectivity index (χ4v) is 5.57. The Morgan fingerprint density at radius 1 is 0.923 bits per heavy atom. The van der Waals surface area contributed by atoms with Gasteiger partial charge in [-0.15, -0.1) is 0 Å². The van der Waals surface area contributed by atoms with Crippen molar-refractivity contribution < 1.29 is 9.90 Å². The number of carbonyl (C=O) groups is 1. The lowest BCUT2D eigenvalue weighted by Gasteiger charge is -2.63.